The Bertz CT molecular complexity index is 523. The van der Waals surface area contributed by atoms with E-state index in [1.807, 2.05) is 12.1 Å². The Hall–Kier alpha value is -1.45. The Labute approximate surface area is 108 Å². The molecule has 86 valence electrons. The summed E-state index contributed by atoms with van der Waals surface area (Å²) in [6.07, 6.45) is -1.11. The van der Waals surface area contributed by atoms with Crippen molar-refractivity contribution in [2.45, 2.75) is 6.10 Å². The molecular weight excluding hydrogens is 280 g/mol. The van der Waals surface area contributed by atoms with Crippen LogP contribution in [-0.2, 0) is 0 Å². The molecule has 2 nitrogen and oxygen atoms in total. The number of benzene rings is 2. The van der Waals surface area contributed by atoms with E-state index in [-0.39, 0.29) is 5.78 Å². The van der Waals surface area contributed by atoms with Crippen LogP contribution in [0.4, 0.5) is 0 Å². The van der Waals surface area contributed by atoms with Crippen molar-refractivity contribution in [1.29, 1.82) is 0 Å². The van der Waals surface area contributed by atoms with Crippen molar-refractivity contribution in [2.75, 3.05) is 0 Å². The Morgan fingerprint density at radius 1 is 1.06 bits per heavy atom. The van der Waals surface area contributed by atoms with E-state index < -0.39 is 6.10 Å². The monoisotopic (exact) mass is 290 g/mol. The van der Waals surface area contributed by atoms with Gasteiger partial charge in [0.25, 0.3) is 0 Å². The van der Waals surface area contributed by atoms with E-state index >= 15 is 0 Å². The molecule has 0 saturated carbocycles. The molecule has 2 aromatic rings. The minimum absolute atomic E-state index is 0.294. The minimum Gasteiger partial charge on any atom is -0.380 e. The summed E-state index contributed by atoms with van der Waals surface area (Å²) in [4.78, 5) is 12.0. The van der Waals surface area contributed by atoms with Gasteiger partial charge in [-0.3, -0.25) is 4.79 Å². The molecule has 0 fully saturated rings. The molecule has 3 heteroatoms. The van der Waals surface area contributed by atoms with Gasteiger partial charge in [-0.15, -0.1) is 0 Å². The second-order valence-corrected chi connectivity index (χ2v) is 4.60. The summed E-state index contributed by atoms with van der Waals surface area (Å²) < 4.78 is 0.823. The molecule has 0 heterocycles. The van der Waals surface area contributed by atoms with Crippen LogP contribution in [0.2, 0.25) is 0 Å². The number of aliphatic hydroxyl groups excluding tert-OH is 1. The molecule has 17 heavy (non-hydrogen) atoms. The first-order valence-electron chi connectivity index (χ1n) is 5.21. The van der Waals surface area contributed by atoms with Gasteiger partial charge in [0.15, 0.2) is 5.78 Å². The van der Waals surface area contributed by atoms with E-state index in [4.69, 9.17) is 0 Å². The molecule has 0 bridgehead atoms. The maximum Gasteiger partial charge on any atom is 0.195 e. The molecule has 0 saturated heterocycles. The predicted octanol–water partition coefficient (Wildman–Crippen LogP) is 3.37. The van der Waals surface area contributed by atoms with Gasteiger partial charge in [-0.25, -0.2) is 0 Å². The van der Waals surface area contributed by atoms with Crippen molar-refractivity contribution in [3.05, 3.63) is 70.2 Å². The quantitative estimate of drug-likeness (QED) is 0.880. The average Bonchev–Trinajstić information content (AvgIpc) is 2.38. The molecule has 1 unspecified atom stereocenters. The highest BCUT2D eigenvalue weighted by atomic mass is 79.9. The lowest BCUT2D eigenvalue weighted by atomic mass is 10.0. The Morgan fingerprint density at radius 3 is 2.41 bits per heavy atom. The maximum atomic E-state index is 12.0. The van der Waals surface area contributed by atoms with E-state index in [0.29, 0.717) is 11.1 Å². The molecule has 0 aromatic heterocycles. The molecule has 0 radical (unpaired) electrons. The molecule has 0 aliphatic heterocycles. The van der Waals surface area contributed by atoms with Crippen LogP contribution in [0.3, 0.4) is 0 Å². The van der Waals surface area contributed by atoms with Crippen LogP contribution in [0.25, 0.3) is 0 Å². The largest absolute Gasteiger partial charge is 0.380 e. The minimum atomic E-state index is -1.11. The van der Waals surface area contributed by atoms with E-state index in [2.05, 4.69) is 15.9 Å². The van der Waals surface area contributed by atoms with Crippen LogP contribution >= 0.6 is 15.9 Å². The number of carbonyl (C=O) groups excluding carboxylic acids is 1. The number of ketones is 1. The van der Waals surface area contributed by atoms with Crippen LogP contribution in [0.1, 0.15) is 22.0 Å². The first-order chi connectivity index (χ1) is 8.18. The number of hydrogen-bond acceptors (Lipinski definition) is 2. The predicted molar refractivity (Wildman–Crippen MR) is 69.9 cm³/mol. The standard InChI is InChI=1S/C14H11BrO2/c15-12-8-4-7-11(9-12)14(17)13(16)10-5-2-1-3-6-10/h1-9,13,16H. The number of aliphatic hydroxyl groups is 1. The van der Waals surface area contributed by atoms with E-state index in [9.17, 15) is 9.90 Å². The molecule has 0 amide bonds. The van der Waals surface area contributed by atoms with Gasteiger partial charge in [-0.2, -0.15) is 0 Å². The number of Topliss-reactive ketones (excluding diaryl/α,β-unsaturated/α-hetero) is 1. The smallest absolute Gasteiger partial charge is 0.195 e. The molecule has 0 spiro atoms. The van der Waals surface area contributed by atoms with E-state index in [0.717, 1.165) is 4.47 Å². The second kappa shape index (κ2) is 5.25. The molecule has 2 aromatic carbocycles. The topological polar surface area (TPSA) is 37.3 Å². The fourth-order valence-electron chi connectivity index (χ4n) is 1.59. The highest BCUT2D eigenvalue weighted by Crippen LogP contribution is 2.20. The van der Waals surface area contributed by atoms with Crippen LogP contribution in [-0.4, -0.2) is 10.9 Å². The van der Waals surface area contributed by atoms with Crippen LogP contribution in [0, 0.1) is 0 Å². The van der Waals surface area contributed by atoms with Crippen molar-refractivity contribution >= 4 is 21.7 Å². The van der Waals surface area contributed by atoms with Gasteiger partial charge >= 0.3 is 0 Å². The van der Waals surface area contributed by atoms with Gasteiger partial charge in [0, 0.05) is 10.0 Å². The third-order valence-electron chi connectivity index (χ3n) is 2.47. The molecule has 0 aliphatic carbocycles. The Balaban J connectivity index is 2.27. The zero-order valence-corrected chi connectivity index (χ0v) is 10.6. The zero-order chi connectivity index (χ0) is 12.3. The van der Waals surface area contributed by atoms with Crippen molar-refractivity contribution < 1.29 is 9.90 Å². The number of rotatable bonds is 3. The summed E-state index contributed by atoms with van der Waals surface area (Å²) in [5.74, 6) is -0.294. The summed E-state index contributed by atoms with van der Waals surface area (Å²) in [7, 11) is 0. The van der Waals surface area contributed by atoms with Gasteiger partial charge < -0.3 is 5.11 Å². The summed E-state index contributed by atoms with van der Waals surface area (Å²) in [6.45, 7) is 0. The fraction of sp³-hybridized carbons (Fsp3) is 0.0714. The Kier molecular flexibility index (Phi) is 3.71. The molecular formula is C14H11BrO2. The molecule has 1 atom stereocenters. The summed E-state index contributed by atoms with van der Waals surface area (Å²) in [6, 6.07) is 15.9. The van der Waals surface area contributed by atoms with Crippen LogP contribution in [0.15, 0.2) is 59.1 Å². The van der Waals surface area contributed by atoms with Crippen molar-refractivity contribution in [1.82, 2.24) is 0 Å². The molecule has 0 aliphatic rings. The molecule has 2 rings (SSSR count). The number of hydrogen-bond donors (Lipinski definition) is 1. The van der Waals surface area contributed by atoms with Gasteiger partial charge in [0.1, 0.15) is 6.10 Å². The SMILES string of the molecule is O=C(c1cccc(Br)c1)C(O)c1ccccc1. The van der Waals surface area contributed by atoms with Crippen LogP contribution < -0.4 is 0 Å². The normalized spacial score (nSPS) is 12.1. The first kappa shape index (κ1) is 12.0. The van der Waals surface area contributed by atoms with E-state index in [1.165, 1.54) is 0 Å². The van der Waals surface area contributed by atoms with Gasteiger partial charge in [0.05, 0.1) is 0 Å². The van der Waals surface area contributed by atoms with Gasteiger partial charge in [-0.1, -0.05) is 58.4 Å². The summed E-state index contributed by atoms with van der Waals surface area (Å²) in [5, 5.41) is 9.97. The lowest BCUT2D eigenvalue weighted by molar-refractivity contribution is 0.0747. The average molecular weight is 291 g/mol. The van der Waals surface area contributed by atoms with Crippen molar-refractivity contribution in [3.8, 4) is 0 Å². The fourth-order valence-corrected chi connectivity index (χ4v) is 1.99. The third kappa shape index (κ3) is 2.81. The Morgan fingerprint density at radius 2 is 1.76 bits per heavy atom. The third-order valence-corrected chi connectivity index (χ3v) is 2.97. The lowest BCUT2D eigenvalue weighted by Crippen LogP contribution is -2.12. The molecule has 1 N–H and O–H groups in total. The van der Waals surface area contributed by atoms with E-state index in [1.54, 1.807) is 42.5 Å². The first-order valence-corrected chi connectivity index (χ1v) is 6.00. The second-order valence-electron chi connectivity index (χ2n) is 3.69. The van der Waals surface area contributed by atoms with Crippen molar-refractivity contribution in [3.63, 3.8) is 0 Å². The van der Waals surface area contributed by atoms with Gasteiger partial charge in [-0.05, 0) is 17.7 Å². The number of carbonyl (C=O) groups is 1. The number of halogens is 1. The summed E-state index contributed by atoms with van der Waals surface area (Å²) in [5.41, 5.74) is 1.10. The van der Waals surface area contributed by atoms with Crippen LogP contribution in [0.5, 0.6) is 0 Å². The van der Waals surface area contributed by atoms with Gasteiger partial charge in [0.2, 0.25) is 0 Å². The maximum absolute atomic E-state index is 12.0. The highest BCUT2D eigenvalue weighted by Gasteiger charge is 2.18. The highest BCUT2D eigenvalue weighted by molar-refractivity contribution is 9.10. The van der Waals surface area contributed by atoms with Crippen molar-refractivity contribution in [2.24, 2.45) is 0 Å². The zero-order valence-electron chi connectivity index (χ0n) is 9.01. The lowest BCUT2D eigenvalue weighted by Gasteiger charge is -2.09. The summed E-state index contributed by atoms with van der Waals surface area (Å²) >= 11 is 3.30.